The molecule has 0 radical (unpaired) electrons. The molecule has 0 atom stereocenters. The highest BCUT2D eigenvalue weighted by atomic mass is 16.5. The van der Waals surface area contributed by atoms with Crippen LogP contribution in [-0.4, -0.2) is 17.1 Å². The Hall–Kier alpha value is -3.08. The summed E-state index contributed by atoms with van der Waals surface area (Å²) in [6.07, 6.45) is 1.73. The number of benzene rings is 2. The number of aromatic nitrogens is 2. The molecule has 0 amide bonds. The molecule has 5 heteroatoms. The van der Waals surface area contributed by atoms with Crippen molar-refractivity contribution in [1.29, 1.82) is 0 Å². The third kappa shape index (κ3) is 3.97. The van der Waals surface area contributed by atoms with E-state index in [4.69, 9.17) is 4.74 Å². The van der Waals surface area contributed by atoms with Gasteiger partial charge in [-0.25, -0.2) is 4.98 Å². The summed E-state index contributed by atoms with van der Waals surface area (Å²) in [5, 5.41) is 6.47. The van der Waals surface area contributed by atoms with E-state index in [-0.39, 0.29) is 0 Å². The van der Waals surface area contributed by atoms with Crippen LogP contribution in [0.4, 0.5) is 17.5 Å². The largest absolute Gasteiger partial charge is 0.496 e. The number of nitrogens with zero attached hydrogens (tertiary/aromatic N) is 2. The minimum Gasteiger partial charge on any atom is -0.496 e. The molecule has 3 aromatic rings. The molecule has 5 nitrogen and oxygen atoms in total. The lowest BCUT2D eigenvalue weighted by atomic mass is 10.2. The van der Waals surface area contributed by atoms with Gasteiger partial charge in [-0.2, -0.15) is 4.98 Å². The van der Waals surface area contributed by atoms with Crippen molar-refractivity contribution in [2.24, 2.45) is 0 Å². The van der Waals surface area contributed by atoms with Crippen molar-refractivity contribution in [3.05, 3.63) is 72.4 Å². The molecule has 2 N–H and O–H groups in total. The van der Waals surface area contributed by atoms with Crippen LogP contribution in [0.2, 0.25) is 0 Å². The molecule has 0 aliphatic rings. The number of nitrogens with one attached hydrogen (secondary N) is 2. The average molecular weight is 306 g/mol. The van der Waals surface area contributed by atoms with Crippen LogP contribution in [0.15, 0.2) is 66.9 Å². The van der Waals surface area contributed by atoms with Crippen molar-refractivity contribution in [3.63, 3.8) is 0 Å². The van der Waals surface area contributed by atoms with Gasteiger partial charge in [0.2, 0.25) is 5.95 Å². The zero-order chi connectivity index (χ0) is 15.9. The van der Waals surface area contributed by atoms with Crippen LogP contribution < -0.4 is 15.4 Å². The lowest BCUT2D eigenvalue weighted by Crippen LogP contribution is -2.05. The highest BCUT2D eigenvalue weighted by Crippen LogP contribution is 2.19. The summed E-state index contributed by atoms with van der Waals surface area (Å²) in [7, 11) is 1.67. The molecule has 0 unspecified atom stereocenters. The van der Waals surface area contributed by atoms with Crippen LogP contribution >= 0.6 is 0 Å². The summed E-state index contributed by atoms with van der Waals surface area (Å²) in [6.45, 7) is 0.631. The first-order valence-electron chi connectivity index (χ1n) is 7.36. The van der Waals surface area contributed by atoms with Crippen molar-refractivity contribution in [1.82, 2.24) is 9.97 Å². The SMILES string of the molecule is COc1ccccc1CNc1ccnc(Nc2ccccc2)n1. The van der Waals surface area contributed by atoms with Crippen LogP contribution in [-0.2, 0) is 6.54 Å². The topological polar surface area (TPSA) is 59.1 Å². The Morgan fingerprint density at radius 2 is 1.74 bits per heavy atom. The van der Waals surface area contributed by atoms with E-state index in [0.29, 0.717) is 12.5 Å². The second-order valence-electron chi connectivity index (χ2n) is 4.92. The normalized spacial score (nSPS) is 10.1. The molecular formula is C18H18N4O. The molecule has 2 aromatic carbocycles. The maximum atomic E-state index is 5.35. The molecule has 0 aliphatic carbocycles. The lowest BCUT2D eigenvalue weighted by Gasteiger charge is -2.11. The van der Waals surface area contributed by atoms with E-state index in [1.807, 2.05) is 60.7 Å². The van der Waals surface area contributed by atoms with Gasteiger partial charge in [0.25, 0.3) is 0 Å². The van der Waals surface area contributed by atoms with Gasteiger partial charge in [-0.3, -0.25) is 0 Å². The summed E-state index contributed by atoms with van der Waals surface area (Å²) in [5.74, 6) is 2.17. The molecule has 0 spiro atoms. The quantitative estimate of drug-likeness (QED) is 0.724. The van der Waals surface area contributed by atoms with Crippen molar-refractivity contribution < 1.29 is 4.74 Å². The molecule has 1 heterocycles. The first kappa shape index (κ1) is 14.8. The highest BCUT2D eigenvalue weighted by Gasteiger charge is 2.03. The van der Waals surface area contributed by atoms with E-state index >= 15 is 0 Å². The van der Waals surface area contributed by atoms with Gasteiger partial charge >= 0.3 is 0 Å². The van der Waals surface area contributed by atoms with E-state index in [0.717, 1.165) is 22.8 Å². The van der Waals surface area contributed by atoms with Gasteiger partial charge in [-0.15, -0.1) is 0 Å². The Labute approximate surface area is 135 Å². The molecule has 0 bridgehead atoms. The van der Waals surface area contributed by atoms with E-state index in [9.17, 15) is 0 Å². The number of rotatable bonds is 6. The second kappa shape index (κ2) is 7.26. The summed E-state index contributed by atoms with van der Waals surface area (Å²) in [5.41, 5.74) is 2.03. The molecule has 1 aromatic heterocycles. The molecule has 23 heavy (non-hydrogen) atoms. The lowest BCUT2D eigenvalue weighted by molar-refractivity contribution is 0.410. The maximum absolute atomic E-state index is 5.35. The van der Waals surface area contributed by atoms with Crippen LogP contribution in [0.3, 0.4) is 0 Å². The number of methoxy groups -OCH3 is 1. The van der Waals surface area contributed by atoms with Gasteiger partial charge in [0.05, 0.1) is 7.11 Å². The first-order valence-corrected chi connectivity index (χ1v) is 7.36. The Bertz CT molecular complexity index is 762. The minimum atomic E-state index is 0.557. The van der Waals surface area contributed by atoms with Crippen molar-refractivity contribution >= 4 is 17.5 Å². The summed E-state index contributed by atoms with van der Waals surface area (Å²) in [6, 6.07) is 19.6. The molecule has 0 aliphatic heterocycles. The smallest absolute Gasteiger partial charge is 0.229 e. The Morgan fingerprint density at radius 3 is 2.57 bits per heavy atom. The monoisotopic (exact) mass is 306 g/mol. The van der Waals surface area contributed by atoms with Gasteiger partial charge in [0.15, 0.2) is 0 Å². The third-order valence-electron chi connectivity index (χ3n) is 3.34. The fourth-order valence-corrected chi connectivity index (χ4v) is 2.20. The highest BCUT2D eigenvalue weighted by molar-refractivity contribution is 5.54. The van der Waals surface area contributed by atoms with E-state index in [1.54, 1.807) is 13.3 Å². The molecule has 0 saturated heterocycles. The van der Waals surface area contributed by atoms with Gasteiger partial charge in [-0.05, 0) is 24.3 Å². The van der Waals surface area contributed by atoms with Crippen LogP contribution in [0.25, 0.3) is 0 Å². The van der Waals surface area contributed by atoms with E-state index < -0.39 is 0 Å². The summed E-state index contributed by atoms with van der Waals surface area (Å²) < 4.78 is 5.35. The predicted octanol–water partition coefficient (Wildman–Crippen LogP) is 3.84. The van der Waals surface area contributed by atoms with Gasteiger partial charge in [0, 0.05) is 24.0 Å². The van der Waals surface area contributed by atoms with Crippen LogP contribution in [0, 0.1) is 0 Å². The fraction of sp³-hybridized carbons (Fsp3) is 0.111. The van der Waals surface area contributed by atoms with E-state index in [2.05, 4.69) is 20.6 Å². The van der Waals surface area contributed by atoms with Gasteiger partial charge < -0.3 is 15.4 Å². The van der Waals surface area contributed by atoms with Crippen molar-refractivity contribution in [3.8, 4) is 5.75 Å². The molecule has 3 rings (SSSR count). The van der Waals surface area contributed by atoms with E-state index in [1.165, 1.54) is 0 Å². The third-order valence-corrected chi connectivity index (χ3v) is 3.34. The molecule has 0 saturated carbocycles. The number of para-hydroxylation sites is 2. The van der Waals surface area contributed by atoms with Crippen molar-refractivity contribution in [2.75, 3.05) is 17.7 Å². The Morgan fingerprint density at radius 1 is 0.957 bits per heavy atom. The van der Waals surface area contributed by atoms with Gasteiger partial charge in [-0.1, -0.05) is 36.4 Å². The zero-order valence-electron chi connectivity index (χ0n) is 12.9. The minimum absolute atomic E-state index is 0.557. The van der Waals surface area contributed by atoms with Crippen LogP contribution in [0.1, 0.15) is 5.56 Å². The number of anilines is 3. The maximum Gasteiger partial charge on any atom is 0.229 e. The molecule has 116 valence electrons. The Kier molecular flexibility index (Phi) is 4.69. The summed E-state index contributed by atoms with van der Waals surface area (Å²) >= 11 is 0. The van der Waals surface area contributed by atoms with Gasteiger partial charge in [0.1, 0.15) is 11.6 Å². The van der Waals surface area contributed by atoms with Crippen molar-refractivity contribution in [2.45, 2.75) is 6.54 Å². The predicted molar refractivity (Wildman–Crippen MR) is 92.1 cm³/mol. The first-order chi connectivity index (χ1) is 11.3. The Balaban J connectivity index is 1.68. The zero-order valence-corrected chi connectivity index (χ0v) is 12.9. The number of hydrogen-bond acceptors (Lipinski definition) is 5. The molecule has 0 fully saturated rings. The standard InChI is InChI=1S/C18H18N4O/c1-23-16-10-6-5-7-14(16)13-20-17-11-12-19-18(22-17)21-15-8-3-2-4-9-15/h2-12H,13H2,1H3,(H2,19,20,21,22). The summed E-state index contributed by atoms with van der Waals surface area (Å²) in [4.78, 5) is 8.70. The molecular weight excluding hydrogens is 288 g/mol. The average Bonchev–Trinajstić information content (AvgIpc) is 2.61. The second-order valence-corrected chi connectivity index (χ2v) is 4.92. The fourth-order valence-electron chi connectivity index (χ4n) is 2.20. The number of ether oxygens (including phenoxy) is 1. The van der Waals surface area contributed by atoms with Crippen LogP contribution in [0.5, 0.6) is 5.75 Å². The number of hydrogen-bond donors (Lipinski definition) is 2.